The van der Waals surface area contributed by atoms with Crippen LogP contribution < -0.4 is 11.1 Å². The zero-order valence-corrected chi connectivity index (χ0v) is 12.7. The fourth-order valence-corrected chi connectivity index (χ4v) is 2.54. The SMILES string of the molecule is CC(C)CCOC(C)C(=O)NC1CCCCC1CN. The summed E-state index contributed by atoms with van der Waals surface area (Å²) in [5.74, 6) is 1.05. The van der Waals surface area contributed by atoms with E-state index in [1.165, 1.54) is 12.8 Å². The molecule has 1 amide bonds. The van der Waals surface area contributed by atoms with Crippen molar-refractivity contribution in [3.63, 3.8) is 0 Å². The lowest BCUT2D eigenvalue weighted by molar-refractivity contribution is -0.133. The largest absolute Gasteiger partial charge is 0.369 e. The predicted molar refractivity (Wildman–Crippen MR) is 77.8 cm³/mol. The van der Waals surface area contributed by atoms with E-state index in [1.807, 2.05) is 6.92 Å². The van der Waals surface area contributed by atoms with Gasteiger partial charge in [0.1, 0.15) is 6.10 Å². The average Bonchev–Trinajstić information content (AvgIpc) is 2.38. The third kappa shape index (κ3) is 5.91. The first-order valence-corrected chi connectivity index (χ1v) is 7.66. The summed E-state index contributed by atoms with van der Waals surface area (Å²) in [7, 11) is 0. The zero-order valence-electron chi connectivity index (χ0n) is 12.7. The summed E-state index contributed by atoms with van der Waals surface area (Å²) in [5.41, 5.74) is 5.78. The highest BCUT2D eigenvalue weighted by atomic mass is 16.5. The lowest BCUT2D eigenvalue weighted by atomic mass is 9.84. The van der Waals surface area contributed by atoms with Crippen molar-refractivity contribution in [2.75, 3.05) is 13.2 Å². The van der Waals surface area contributed by atoms with E-state index >= 15 is 0 Å². The second kappa shape index (κ2) is 8.54. The van der Waals surface area contributed by atoms with Gasteiger partial charge in [0.05, 0.1) is 0 Å². The highest BCUT2D eigenvalue weighted by molar-refractivity contribution is 5.80. The van der Waals surface area contributed by atoms with Crippen LogP contribution in [0.2, 0.25) is 0 Å². The van der Waals surface area contributed by atoms with Crippen LogP contribution in [-0.2, 0) is 9.53 Å². The van der Waals surface area contributed by atoms with Crippen LogP contribution in [-0.4, -0.2) is 31.2 Å². The van der Waals surface area contributed by atoms with Gasteiger partial charge in [0.15, 0.2) is 0 Å². The number of hydrogen-bond donors (Lipinski definition) is 2. The average molecular weight is 270 g/mol. The van der Waals surface area contributed by atoms with Crippen molar-refractivity contribution in [2.24, 2.45) is 17.6 Å². The molecule has 0 spiro atoms. The minimum atomic E-state index is -0.362. The summed E-state index contributed by atoms with van der Waals surface area (Å²) < 4.78 is 5.58. The normalized spacial score (nSPS) is 25.3. The monoisotopic (exact) mass is 270 g/mol. The fourth-order valence-electron chi connectivity index (χ4n) is 2.54. The molecule has 0 aromatic heterocycles. The van der Waals surface area contributed by atoms with Crippen molar-refractivity contribution in [3.05, 3.63) is 0 Å². The van der Waals surface area contributed by atoms with Gasteiger partial charge < -0.3 is 15.8 Å². The van der Waals surface area contributed by atoms with E-state index in [0.717, 1.165) is 19.3 Å². The number of carbonyl (C=O) groups is 1. The topological polar surface area (TPSA) is 64.3 Å². The summed E-state index contributed by atoms with van der Waals surface area (Å²) in [5, 5.41) is 3.11. The molecule has 0 radical (unpaired) electrons. The molecule has 4 nitrogen and oxygen atoms in total. The Bertz CT molecular complexity index is 269. The summed E-state index contributed by atoms with van der Waals surface area (Å²) in [6.45, 7) is 7.45. The van der Waals surface area contributed by atoms with E-state index in [4.69, 9.17) is 10.5 Å². The molecular weight excluding hydrogens is 240 g/mol. The molecule has 3 atom stereocenters. The summed E-state index contributed by atoms with van der Waals surface area (Å²) in [6, 6.07) is 0.238. The van der Waals surface area contributed by atoms with Crippen molar-refractivity contribution < 1.29 is 9.53 Å². The molecule has 0 saturated heterocycles. The van der Waals surface area contributed by atoms with Gasteiger partial charge in [0.25, 0.3) is 0 Å². The molecular formula is C15H30N2O2. The molecule has 0 aliphatic heterocycles. The first-order valence-electron chi connectivity index (χ1n) is 7.66. The molecule has 3 unspecified atom stereocenters. The number of nitrogens with two attached hydrogens (primary N) is 1. The fraction of sp³-hybridized carbons (Fsp3) is 0.933. The molecule has 19 heavy (non-hydrogen) atoms. The van der Waals surface area contributed by atoms with Crippen LogP contribution in [0.25, 0.3) is 0 Å². The molecule has 1 saturated carbocycles. The molecule has 0 aromatic rings. The predicted octanol–water partition coefficient (Wildman–Crippen LogP) is 2.07. The Balaban J connectivity index is 2.31. The van der Waals surface area contributed by atoms with Crippen LogP contribution in [0.15, 0.2) is 0 Å². The molecule has 4 heteroatoms. The van der Waals surface area contributed by atoms with Crippen molar-refractivity contribution in [3.8, 4) is 0 Å². The van der Waals surface area contributed by atoms with E-state index in [-0.39, 0.29) is 18.1 Å². The molecule has 0 aromatic carbocycles. The molecule has 1 fully saturated rings. The molecule has 0 heterocycles. The first kappa shape index (κ1) is 16.4. The maximum atomic E-state index is 12.1. The van der Waals surface area contributed by atoms with E-state index < -0.39 is 0 Å². The Labute approximate surface area is 117 Å². The number of ether oxygens (including phenoxy) is 1. The lowest BCUT2D eigenvalue weighted by Gasteiger charge is -2.32. The third-order valence-electron chi connectivity index (χ3n) is 3.97. The van der Waals surface area contributed by atoms with Crippen LogP contribution in [0.4, 0.5) is 0 Å². The minimum absolute atomic E-state index is 0.00843. The first-order chi connectivity index (χ1) is 9.04. The Hall–Kier alpha value is -0.610. The van der Waals surface area contributed by atoms with Crippen LogP contribution in [0.5, 0.6) is 0 Å². The molecule has 1 rings (SSSR count). The van der Waals surface area contributed by atoms with Gasteiger partial charge in [-0.15, -0.1) is 0 Å². The summed E-state index contributed by atoms with van der Waals surface area (Å²) in [4.78, 5) is 12.1. The Morgan fingerprint density at radius 3 is 2.63 bits per heavy atom. The minimum Gasteiger partial charge on any atom is -0.369 e. The quantitative estimate of drug-likeness (QED) is 0.744. The standard InChI is InChI=1S/C15H30N2O2/c1-11(2)8-9-19-12(3)15(18)17-14-7-5-4-6-13(14)10-16/h11-14H,4-10,16H2,1-3H3,(H,17,18). The summed E-state index contributed by atoms with van der Waals surface area (Å²) in [6.07, 6.45) is 5.22. The van der Waals surface area contributed by atoms with Gasteiger partial charge in [-0.3, -0.25) is 4.79 Å². The van der Waals surface area contributed by atoms with E-state index in [2.05, 4.69) is 19.2 Å². The van der Waals surface area contributed by atoms with Crippen LogP contribution in [0, 0.1) is 11.8 Å². The van der Waals surface area contributed by atoms with Crippen LogP contribution >= 0.6 is 0 Å². The van der Waals surface area contributed by atoms with E-state index in [1.54, 1.807) is 0 Å². The number of rotatable bonds is 7. The highest BCUT2D eigenvalue weighted by Crippen LogP contribution is 2.23. The second-order valence-corrected chi connectivity index (χ2v) is 6.09. The van der Waals surface area contributed by atoms with E-state index in [0.29, 0.717) is 25.0 Å². The third-order valence-corrected chi connectivity index (χ3v) is 3.97. The number of nitrogens with one attached hydrogen (secondary N) is 1. The van der Waals surface area contributed by atoms with Crippen molar-refractivity contribution >= 4 is 5.91 Å². The van der Waals surface area contributed by atoms with Gasteiger partial charge in [-0.05, 0) is 44.6 Å². The van der Waals surface area contributed by atoms with Crippen molar-refractivity contribution in [2.45, 2.75) is 65.0 Å². The van der Waals surface area contributed by atoms with Crippen molar-refractivity contribution in [1.82, 2.24) is 5.32 Å². The number of amides is 1. The Morgan fingerprint density at radius 1 is 1.32 bits per heavy atom. The maximum Gasteiger partial charge on any atom is 0.249 e. The number of hydrogen-bond acceptors (Lipinski definition) is 3. The van der Waals surface area contributed by atoms with Gasteiger partial charge in [-0.2, -0.15) is 0 Å². The molecule has 1 aliphatic carbocycles. The van der Waals surface area contributed by atoms with Crippen LogP contribution in [0.3, 0.4) is 0 Å². The van der Waals surface area contributed by atoms with Gasteiger partial charge in [-0.1, -0.05) is 26.7 Å². The summed E-state index contributed by atoms with van der Waals surface area (Å²) >= 11 is 0. The molecule has 3 N–H and O–H groups in total. The smallest absolute Gasteiger partial charge is 0.249 e. The lowest BCUT2D eigenvalue weighted by Crippen LogP contribution is -2.48. The van der Waals surface area contributed by atoms with E-state index in [9.17, 15) is 4.79 Å². The van der Waals surface area contributed by atoms with Crippen molar-refractivity contribution in [1.29, 1.82) is 0 Å². The number of carbonyl (C=O) groups excluding carboxylic acids is 1. The highest BCUT2D eigenvalue weighted by Gasteiger charge is 2.26. The maximum absolute atomic E-state index is 12.1. The van der Waals surface area contributed by atoms with Crippen LogP contribution in [0.1, 0.15) is 52.9 Å². The van der Waals surface area contributed by atoms with Gasteiger partial charge in [0, 0.05) is 12.6 Å². The Morgan fingerprint density at radius 2 is 2.00 bits per heavy atom. The van der Waals surface area contributed by atoms with Gasteiger partial charge in [0.2, 0.25) is 5.91 Å². The molecule has 1 aliphatic rings. The molecule has 0 bridgehead atoms. The Kier molecular flexibility index (Phi) is 7.39. The molecule has 112 valence electrons. The van der Waals surface area contributed by atoms with Gasteiger partial charge in [-0.25, -0.2) is 0 Å². The zero-order chi connectivity index (χ0) is 14.3. The van der Waals surface area contributed by atoms with Gasteiger partial charge >= 0.3 is 0 Å². The second-order valence-electron chi connectivity index (χ2n) is 6.09.